The number of amides is 4. The van der Waals surface area contributed by atoms with E-state index in [0.29, 0.717) is 101 Å². The van der Waals surface area contributed by atoms with E-state index in [1.165, 1.54) is 4.90 Å². The molecule has 1 unspecified atom stereocenters. The maximum atomic E-state index is 14.4. The van der Waals surface area contributed by atoms with Gasteiger partial charge in [0.1, 0.15) is 30.0 Å². The number of halogens is 1. The van der Waals surface area contributed by atoms with E-state index < -0.39 is 40.3 Å². The number of anilines is 1. The van der Waals surface area contributed by atoms with Crippen LogP contribution in [0.2, 0.25) is 5.02 Å². The van der Waals surface area contributed by atoms with Crippen LogP contribution in [-0.4, -0.2) is 166 Å². The van der Waals surface area contributed by atoms with Crippen molar-refractivity contribution in [1.29, 1.82) is 5.26 Å². The molecule has 4 N–H and O–H groups in total. The van der Waals surface area contributed by atoms with Crippen LogP contribution in [0.3, 0.4) is 0 Å². The van der Waals surface area contributed by atoms with E-state index >= 15 is 0 Å². The van der Waals surface area contributed by atoms with Crippen LogP contribution in [0, 0.1) is 34.5 Å². The zero-order valence-corrected chi connectivity index (χ0v) is 48.7. The first-order valence-corrected chi connectivity index (χ1v) is 28.5. The molecule has 20 heteroatoms. The third-order valence-electron chi connectivity index (χ3n) is 15.2. The lowest BCUT2D eigenvalue weighted by atomic mass is 9.49. The van der Waals surface area contributed by atoms with E-state index in [0.717, 1.165) is 27.4 Å². The molecule has 79 heavy (non-hydrogen) atoms. The molecule has 2 aliphatic heterocycles. The summed E-state index contributed by atoms with van der Waals surface area (Å²) < 4.78 is 30.3. The van der Waals surface area contributed by atoms with Crippen molar-refractivity contribution in [2.24, 2.45) is 16.2 Å². The third-order valence-corrected chi connectivity index (χ3v) is 16.5. The lowest BCUT2D eigenvalue weighted by molar-refractivity contribution is -0.164. The third kappa shape index (κ3) is 15.6. The number of ether oxygens (including phenoxy) is 5. The standard InChI is InChI=1S/C59H79ClN8O10S/c1-38(40-10-12-41(13-11-40)50-39(2)62-37-79-50)63-53(72)48-32-45(69)35-68(48)54(73)51(57(3,4)5)64-49(70)36-66-20-24-74-28-30-76-26-22-67(23-27-77-31-29-75-25-21-66)44-17-14-42(15-18-44)52(71)65-55-58(6,7)56(59(55,8)9)78-46-19-16-43(34-61)47(60)33-46/h10-19,33,37-38,45,48,51,55-56,69H,20-32,35-36H2,1-9H3,(H,63,72)(H,64,70)(H,65,71)/t38?,45-,48+,51-,55-,56-/m1/s1. The van der Waals surface area contributed by atoms with Gasteiger partial charge in [-0.2, -0.15) is 5.26 Å². The molecule has 2 saturated heterocycles. The number of rotatable bonds is 13. The molecule has 1 aliphatic carbocycles. The molecule has 0 bridgehead atoms. The number of aliphatic hydroxyl groups excluding tert-OH is 1. The van der Waals surface area contributed by atoms with Gasteiger partial charge in [0.15, 0.2) is 0 Å². The number of nitrogens with one attached hydrogen (secondary N) is 3. The van der Waals surface area contributed by atoms with E-state index in [1.54, 1.807) is 29.5 Å². The minimum absolute atomic E-state index is 0.0302. The average molecular weight is 1130 g/mol. The highest BCUT2D eigenvalue weighted by Gasteiger charge is 2.64. The smallest absolute Gasteiger partial charge is 0.251 e. The molecule has 18 nitrogen and oxygen atoms in total. The first-order chi connectivity index (χ1) is 37.6. The van der Waals surface area contributed by atoms with Crippen molar-refractivity contribution in [3.8, 4) is 22.3 Å². The number of thiazole rings is 1. The molecular weight excluding hydrogens is 1050 g/mol. The predicted octanol–water partition coefficient (Wildman–Crippen LogP) is 6.81. The van der Waals surface area contributed by atoms with Gasteiger partial charge in [0.05, 0.1) is 98.2 Å². The molecule has 7 rings (SSSR count). The van der Waals surface area contributed by atoms with Crippen molar-refractivity contribution >= 4 is 52.3 Å². The Morgan fingerprint density at radius 3 is 2.00 bits per heavy atom. The fourth-order valence-electron chi connectivity index (χ4n) is 11.1. The van der Waals surface area contributed by atoms with Gasteiger partial charge >= 0.3 is 0 Å². The summed E-state index contributed by atoms with van der Waals surface area (Å²) in [5.41, 5.74) is 5.00. The lowest BCUT2D eigenvalue weighted by Gasteiger charge is -2.63. The fraction of sp³-hybridized carbons (Fsp3) is 0.559. The molecule has 0 radical (unpaired) electrons. The van der Waals surface area contributed by atoms with Crippen LogP contribution < -0.4 is 25.6 Å². The van der Waals surface area contributed by atoms with Crippen LogP contribution >= 0.6 is 22.9 Å². The second kappa shape index (κ2) is 27.2. The van der Waals surface area contributed by atoms with Crippen LogP contribution in [0.25, 0.3) is 10.4 Å². The Hall–Kier alpha value is -5.69. The summed E-state index contributed by atoms with van der Waals surface area (Å²) in [5, 5.41) is 29.7. The Morgan fingerprint density at radius 1 is 0.861 bits per heavy atom. The largest absolute Gasteiger partial charge is 0.489 e. The fourth-order valence-corrected chi connectivity index (χ4v) is 12.1. The summed E-state index contributed by atoms with van der Waals surface area (Å²) in [6.45, 7) is 22.5. The topological polar surface area (TPSA) is 217 Å². The minimum atomic E-state index is -0.984. The second-order valence-electron chi connectivity index (χ2n) is 22.9. The average Bonchev–Trinajstić information content (AvgIpc) is 4.11. The molecular formula is C59H79ClN8O10S. The van der Waals surface area contributed by atoms with Crippen LogP contribution in [0.4, 0.5) is 5.69 Å². The van der Waals surface area contributed by atoms with Gasteiger partial charge in [0.2, 0.25) is 17.7 Å². The number of likely N-dealkylation sites (tertiary alicyclic amines) is 1. The second-order valence-corrected chi connectivity index (χ2v) is 24.2. The quantitative estimate of drug-likeness (QED) is 0.108. The highest BCUT2D eigenvalue weighted by Crippen LogP contribution is 2.55. The number of carbonyl (C=O) groups is 4. The Labute approximate surface area is 474 Å². The number of aromatic nitrogens is 1. The van der Waals surface area contributed by atoms with Crippen molar-refractivity contribution < 1.29 is 48.0 Å². The van der Waals surface area contributed by atoms with Crippen molar-refractivity contribution in [2.45, 2.75) is 105 Å². The highest BCUT2D eigenvalue weighted by atomic mass is 35.5. The normalized spacial score (nSPS) is 22.5. The molecule has 428 valence electrons. The summed E-state index contributed by atoms with van der Waals surface area (Å²) in [5.74, 6) is -0.787. The summed E-state index contributed by atoms with van der Waals surface area (Å²) in [6.07, 6.45) is -1.04. The highest BCUT2D eigenvalue weighted by molar-refractivity contribution is 7.13. The van der Waals surface area contributed by atoms with Crippen LogP contribution in [0.5, 0.6) is 5.75 Å². The van der Waals surface area contributed by atoms with Crippen molar-refractivity contribution in [3.05, 3.63) is 99.6 Å². The monoisotopic (exact) mass is 1130 g/mol. The van der Waals surface area contributed by atoms with Gasteiger partial charge in [-0.15, -0.1) is 11.3 Å². The van der Waals surface area contributed by atoms with E-state index in [1.807, 2.05) is 93.6 Å². The molecule has 3 aromatic carbocycles. The molecule has 3 heterocycles. The molecule has 3 aliphatic rings. The Kier molecular flexibility index (Phi) is 21.0. The van der Waals surface area contributed by atoms with E-state index in [9.17, 15) is 29.5 Å². The van der Waals surface area contributed by atoms with Crippen molar-refractivity contribution in [3.63, 3.8) is 0 Å². The Bertz CT molecular complexity index is 2710. The molecule has 4 amide bonds. The number of nitrogens with zero attached hydrogens (tertiary/aromatic N) is 5. The molecule has 4 aromatic rings. The first-order valence-electron chi connectivity index (χ1n) is 27.2. The van der Waals surface area contributed by atoms with Gasteiger partial charge in [-0.25, -0.2) is 4.98 Å². The van der Waals surface area contributed by atoms with Gasteiger partial charge in [-0.3, -0.25) is 24.1 Å². The number of aliphatic hydroxyl groups is 1. The van der Waals surface area contributed by atoms with Gasteiger partial charge in [0, 0.05) is 73.3 Å². The van der Waals surface area contributed by atoms with Crippen LogP contribution in [0.1, 0.15) is 95.0 Å². The van der Waals surface area contributed by atoms with Gasteiger partial charge < -0.3 is 54.5 Å². The van der Waals surface area contributed by atoms with E-state index in [-0.39, 0.29) is 55.4 Å². The summed E-state index contributed by atoms with van der Waals surface area (Å²) in [6, 6.07) is 20.1. The molecule has 3 fully saturated rings. The number of nitriles is 1. The van der Waals surface area contributed by atoms with Crippen molar-refractivity contribution in [1.82, 2.24) is 30.7 Å². The van der Waals surface area contributed by atoms with Gasteiger partial charge in [-0.1, -0.05) is 84.3 Å². The first kappa shape index (κ1) is 60.9. The summed E-state index contributed by atoms with van der Waals surface area (Å²) in [7, 11) is 0. The lowest BCUT2D eigenvalue weighted by Crippen LogP contribution is -2.74. The van der Waals surface area contributed by atoms with Gasteiger partial charge in [-0.05, 0) is 66.8 Å². The van der Waals surface area contributed by atoms with E-state index in [2.05, 4.69) is 59.6 Å². The Morgan fingerprint density at radius 2 is 1.46 bits per heavy atom. The van der Waals surface area contributed by atoms with Crippen LogP contribution in [0.15, 0.2) is 72.2 Å². The van der Waals surface area contributed by atoms with Gasteiger partial charge in [0.25, 0.3) is 5.91 Å². The van der Waals surface area contributed by atoms with Crippen molar-refractivity contribution in [2.75, 3.05) is 97.0 Å². The zero-order chi connectivity index (χ0) is 57.1. The summed E-state index contributed by atoms with van der Waals surface area (Å²) in [4.78, 5) is 66.7. The predicted molar refractivity (Wildman–Crippen MR) is 304 cm³/mol. The molecule has 0 spiro atoms. The number of hydrogen-bond acceptors (Lipinski definition) is 15. The SMILES string of the molecule is Cc1ncsc1-c1ccc(C(C)NC(=O)[C@@H]2C[C@@H](O)CN2C(=O)[C@@H](NC(=O)CN2CCOCCOCCN(c3ccc(C(=O)N[C@H]4C(C)(C)[C@H](Oc5ccc(C#N)c(Cl)c5)C4(C)C)cc3)CCOCCOCC2)C(C)(C)C)cc1. The maximum Gasteiger partial charge on any atom is 0.251 e. The Balaban J connectivity index is 0.868. The minimum Gasteiger partial charge on any atom is -0.489 e. The number of hydrogen-bond donors (Lipinski definition) is 4. The van der Waals surface area contributed by atoms with Crippen LogP contribution in [-0.2, 0) is 33.3 Å². The zero-order valence-electron chi connectivity index (χ0n) is 47.1. The number of β-amino-alcohol motifs (C(OH)–C–C–N with tert-alkyl or cyclic N) is 1. The number of aryl methyl sites for hydroxylation is 1. The number of benzene rings is 3. The number of carbonyl (C=O) groups excluding carboxylic acids is 4. The maximum absolute atomic E-state index is 14.4. The molecule has 1 saturated carbocycles. The molecule has 4 atom stereocenters. The molecule has 1 aromatic heterocycles. The summed E-state index contributed by atoms with van der Waals surface area (Å²) >= 11 is 7.86. The van der Waals surface area contributed by atoms with E-state index in [4.69, 9.17) is 35.3 Å².